The van der Waals surface area contributed by atoms with Crippen LogP contribution in [-0.4, -0.2) is 27.2 Å². The first kappa shape index (κ1) is 15.9. The normalized spacial score (nSPS) is 10.9. The third-order valence-corrected chi connectivity index (χ3v) is 3.81. The Morgan fingerprint density at radius 1 is 1.33 bits per heavy atom. The van der Waals surface area contributed by atoms with Gasteiger partial charge in [0, 0.05) is 31.5 Å². The number of benzene rings is 1. The molecule has 0 aliphatic rings. The molecular formula is C17H18N4O3. The lowest BCUT2D eigenvalue weighted by molar-refractivity contribution is -0.120. The van der Waals surface area contributed by atoms with Crippen molar-refractivity contribution in [3.63, 3.8) is 0 Å². The van der Waals surface area contributed by atoms with Crippen molar-refractivity contribution in [2.75, 3.05) is 6.54 Å². The fourth-order valence-corrected chi connectivity index (χ4v) is 2.58. The van der Waals surface area contributed by atoms with E-state index in [2.05, 4.69) is 15.4 Å². The van der Waals surface area contributed by atoms with Crippen molar-refractivity contribution >= 4 is 16.9 Å². The van der Waals surface area contributed by atoms with E-state index in [0.29, 0.717) is 24.1 Å². The van der Waals surface area contributed by atoms with Gasteiger partial charge in [-0.15, -0.1) is 0 Å². The smallest absolute Gasteiger partial charge is 0.336 e. The number of amides is 1. The molecule has 2 aromatic heterocycles. The molecule has 2 heterocycles. The van der Waals surface area contributed by atoms with Gasteiger partial charge in [-0.1, -0.05) is 12.1 Å². The number of carbonyl (C=O) groups is 1. The van der Waals surface area contributed by atoms with E-state index in [-0.39, 0.29) is 12.3 Å². The van der Waals surface area contributed by atoms with E-state index in [4.69, 9.17) is 4.42 Å². The number of nitrogens with one attached hydrogen (secondary N) is 1. The summed E-state index contributed by atoms with van der Waals surface area (Å²) in [6.07, 6.45) is 2.21. The average molecular weight is 326 g/mol. The Kier molecular flexibility index (Phi) is 4.41. The second-order valence-corrected chi connectivity index (χ2v) is 5.67. The fourth-order valence-electron chi connectivity index (χ4n) is 2.58. The van der Waals surface area contributed by atoms with Crippen molar-refractivity contribution in [1.82, 2.24) is 20.1 Å². The van der Waals surface area contributed by atoms with Crippen LogP contribution in [-0.2, 0) is 24.7 Å². The first-order valence-electron chi connectivity index (χ1n) is 7.66. The SMILES string of the molecule is Cc1ccc2c(CC(=O)NCCc3ncnn3C)cc(=O)oc2c1. The summed E-state index contributed by atoms with van der Waals surface area (Å²) in [5.74, 6) is 0.654. The van der Waals surface area contributed by atoms with Crippen LogP contribution >= 0.6 is 0 Å². The van der Waals surface area contributed by atoms with Crippen LogP contribution < -0.4 is 10.9 Å². The van der Waals surface area contributed by atoms with E-state index in [1.807, 2.05) is 26.1 Å². The first-order valence-corrected chi connectivity index (χ1v) is 7.66. The van der Waals surface area contributed by atoms with Crippen molar-refractivity contribution in [3.8, 4) is 0 Å². The van der Waals surface area contributed by atoms with Gasteiger partial charge in [0.1, 0.15) is 17.7 Å². The Balaban J connectivity index is 1.69. The van der Waals surface area contributed by atoms with Crippen molar-refractivity contribution in [2.24, 2.45) is 7.05 Å². The summed E-state index contributed by atoms with van der Waals surface area (Å²) in [7, 11) is 1.81. The van der Waals surface area contributed by atoms with Gasteiger partial charge in [-0.2, -0.15) is 5.10 Å². The summed E-state index contributed by atoms with van der Waals surface area (Å²) in [4.78, 5) is 28.0. The lowest BCUT2D eigenvalue weighted by Gasteiger charge is -2.07. The van der Waals surface area contributed by atoms with Gasteiger partial charge in [0.05, 0.1) is 6.42 Å². The summed E-state index contributed by atoms with van der Waals surface area (Å²) < 4.78 is 6.87. The highest BCUT2D eigenvalue weighted by atomic mass is 16.4. The molecule has 0 fully saturated rings. The molecule has 7 nitrogen and oxygen atoms in total. The molecule has 0 radical (unpaired) electrons. The van der Waals surface area contributed by atoms with Crippen LogP contribution in [0, 0.1) is 6.92 Å². The highest BCUT2D eigenvalue weighted by Crippen LogP contribution is 2.18. The highest BCUT2D eigenvalue weighted by Gasteiger charge is 2.10. The molecule has 124 valence electrons. The Morgan fingerprint density at radius 2 is 2.17 bits per heavy atom. The average Bonchev–Trinajstić information content (AvgIpc) is 2.92. The lowest BCUT2D eigenvalue weighted by Crippen LogP contribution is -2.28. The molecule has 1 aromatic carbocycles. The molecule has 0 bridgehead atoms. The van der Waals surface area contributed by atoms with E-state index < -0.39 is 5.63 Å². The third kappa shape index (κ3) is 3.51. The number of rotatable bonds is 5. The number of hydrogen-bond donors (Lipinski definition) is 1. The maximum atomic E-state index is 12.2. The largest absolute Gasteiger partial charge is 0.423 e. The molecule has 3 rings (SSSR count). The molecule has 0 saturated carbocycles. The van der Waals surface area contributed by atoms with Gasteiger partial charge in [0.25, 0.3) is 0 Å². The van der Waals surface area contributed by atoms with Crippen LogP contribution in [0.2, 0.25) is 0 Å². The molecule has 1 N–H and O–H groups in total. The number of hydrogen-bond acceptors (Lipinski definition) is 5. The van der Waals surface area contributed by atoms with Crippen LogP contribution in [0.4, 0.5) is 0 Å². The van der Waals surface area contributed by atoms with Gasteiger partial charge in [0.2, 0.25) is 5.91 Å². The van der Waals surface area contributed by atoms with E-state index in [1.54, 1.807) is 10.7 Å². The van der Waals surface area contributed by atoms with Gasteiger partial charge < -0.3 is 9.73 Å². The Labute approximate surface area is 138 Å². The zero-order valence-corrected chi connectivity index (χ0v) is 13.6. The molecule has 0 atom stereocenters. The minimum absolute atomic E-state index is 0.129. The van der Waals surface area contributed by atoms with Crippen molar-refractivity contribution in [2.45, 2.75) is 19.8 Å². The number of fused-ring (bicyclic) bond motifs is 1. The molecule has 24 heavy (non-hydrogen) atoms. The minimum atomic E-state index is -0.449. The first-order chi connectivity index (χ1) is 11.5. The number of aromatic nitrogens is 3. The van der Waals surface area contributed by atoms with Crippen LogP contribution in [0.5, 0.6) is 0 Å². The fraction of sp³-hybridized carbons (Fsp3) is 0.294. The van der Waals surface area contributed by atoms with Crippen molar-refractivity contribution in [1.29, 1.82) is 0 Å². The highest BCUT2D eigenvalue weighted by molar-refractivity contribution is 5.87. The van der Waals surface area contributed by atoms with Gasteiger partial charge >= 0.3 is 5.63 Å². The molecule has 0 spiro atoms. The standard InChI is InChI=1S/C17H18N4O3/c1-11-3-4-13-12(9-17(23)24-14(13)7-11)8-16(22)18-6-5-15-19-10-20-21(15)2/h3-4,7,9-10H,5-6,8H2,1-2H3,(H,18,22). The van der Waals surface area contributed by atoms with Gasteiger partial charge in [-0.05, 0) is 24.1 Å². The summed E-state index contributed by atoms with van der Waals surface area (Å²) in [6.45, 7) is 2.38. The summed E-state index contributed by atoms with van der Waals surface area (Å²) >= 11 is 0. The second-order valence-electron chi connectivity index (χ2n) is 5.67. The molecule has 7 heteroatoms. The molecule has 3 aromatic rings. The monoisotopic (exact) mass is 326 g/mol. The van der Waals surface area contributed by atoms with Crippen LogP contribution in [0.25, 0.3) is 11.0 Å². The predicted molar refractivity (Wildman–Crippen MR) is 88.6 cm³/mol. The number of nitrogens with zero attached hydrogens (tertiary/aromatic N) is 3. The zero-order valence-electron chi connectivity index (χ0n) is 13.6. The quantitative estimate of drug-likeness (QED) is 0.710. The molecular weight excluding hydrogens is 308 g/mol. The lowest BCUT2D eigenvalue weighted by atomic mass is 10.1. The van der Waals surface area contributed by atoms with E-state index in [9.17, 15) is 9.59 Å². The predicted octanol–water partition coefficient (Wildman–Crippen LogP) is 1.13. The maximum Gasteiger partial charge on any atom is 0.336 e. The molecule has 0 saturated heterocycles. The van der Waals surface area contributed by atoms with Crippen LogP contribution in [0.1, 0.15) is 17.0 Å². The molecule has 1 amide bonds. The number of aryl methyl sites for hydroxylation is 2. The summed E-state index contributed by atoms with van der Waals surface area (Å²) in [6, 6.07) is 6.97. The molecule has 0 unspecified atom stereocenters. The van der Waals surface area contributed by atoms with Gasteiger partial charge in [0.15, 0.2) is 0 Å². The summed E-state index contributed by atoms with van der Waals surface area (Å²) in [5.41, 5.74) is 1.72. The van der Waals surface area contributed by atoms with Crippen LogP contribution in [0.15, 0.2) is 39.8 Å². The van der Waals surface area contributed by atoms with E-state index >= 15 is 0 Å². The minimum Gasteiger partial charge on any atom is -0.423 e. The summed E-state index contributed by atoms with van der Waals surface area (Å²) in [5, 5.41) is 7.60. The van der Waals surface area contributed by atoms with Gasteiger partial charge in [-0.25, -0.2) is 9.78 Å². The van der Waals surface area contributed by atoms with E-state index in [0.717, 1.165) is 16.8 Å². The second kappa shape index (κ2) is 6.66. The Bertz CT molecular complexity index is 942. The molecule has 0 aliphatic carbocycles. The Hall–Kier alpha value is -2.96. The number of carbonyl (C=O) groups excluding carboxylic acids is 1. The molecule has 0 aliphatic heterocycles. The Morgan fingerprint density at radius 3 is 2.92 bits per heavy atom. The van der Waals surface area contributed by atoms with Crippen molar-refractivity contribution in [3.05, 3.63) is 58.0 Å². The van der Waals surface area contributed by atoms with Gasteiger partial charge in [-0.3, -0.25) is 9.48 Å². The zero-order chi connectivity index (χ0) is 17.1. The van der Waals surface area contributed by atoms with E-state index in [1.165, 1.54) is 12.4 Å². The third-order valence-electron chi connectivity index (χ3n) is 3.81. The van der Waals surface area contributed by atoms with Crippen LogP contribution in [0.3, 0.4) is 0 Å². The van der Waals surface area contributed by atoms with Crippen molar-refractivity contribution < 1.29 is 9.21 Å². The topological polar surface area (TPSA) is 90.0 Å². The maximum absolute atomic E-state index is 12.2.